The predicted octanol–water partition coefficient (Wildman–Crippen LogP) is 3.77. The first kappa shape index (κ1) is 20.6. The molecule has 28 heavy (non-hydrogen) atoms. The number of hydrogen-bond donors (Lipinski definition) is 1. The highest BCUT2D eigenvalue weighted by molar-refractivity contribution is 6.33. The molecule has 1 aliphatic heterocycles. The van der Waals surface area contributed by atoms with Crippen LogP contribution in [-0.2, 0) is 6.54 Å². The number of carbonyl (C=O) groups is 1. The number of likely N-dealkylation sites (tertiary alicyclic amines) is 1. The van der Waals surface area contributed by atoms with E-state index < -0.39 is 0 Å². The number of halogens is 1. The third-order valence-corrected chi connectivity index (χ3v) is 5.70. The summed E-state index contributed by atoms with van der Waals surface area (Å²) in [4.78, 5) is 19.8. The van der Waals surface area contributed by atoms with Crippen molar-refractivity contribution >= 4 is 17.5 Å². The van der Waals surface area contributed by atoms with Gasteiger partial charge < -0.3 is 19.4 Å². The molecule has 152 valence electrons. The van der Waals surface area contributed by atoms with Gasteiger partial charge in [-0.1, -0.05) is 17.7 Å². The fourth-order valence-electron chi connectivity index (χ4n) is 3.88. The van der Waals surface area contributed by atoms with E-state index in [0.29, 0.717) is 22.4 Å². The van der Waals surface area contributed by atoms with Crippen molar-refractivity contribution in [2.75, 3.05) is 41.4 Å². The van der Waals surface area contributed by atoms with Gasteiger partial charge in [0.05, 0.1) is 24.8 Å². The second-order valence-electron chi connectivity index (χ2n) is 7.35. The molecule has 1 aromatic heterocycles. The van der Waals surface area contributed by atoms with Gasteiger partial charge in [-0.15, -0.1) is 0 Å². The van der Waals surface area contributed by atoms with Crippen molar-refractivity contribution in [2.45, 2.75) is 25.3 Å². The zero-order valence-electron chi connectivity index (χ0n) is 16.9. The number of methoxy groups -OCH3 is 2. The van der Waals surface area contributed by atoms with Crippen molar-refractivity contribution in [2.24, 2.45) is 0 Å². The quantitative estimate of drug-likeness (QED) is 0.794. The standard InChI is InChI=1S/C21H28ClN3O3/c1-24(2)21(26)16-9-10-23-19(16)15-6-5-11-25(13-15)12-14-7-8-17(27-3)20(28-4)18(14)22/h7-10,15,23H,5-6,11-13H2,1-4H3. The van der Waals surface area contributed by atoms with E-state index in [-0.39, 0.29) is 5.91 Å². The second-order valence-corrected chi connectivity index (χ2v) is 7.73. The summed E-state index contributed by atoms with van der Waals surface area (Å²) in [6.07, 6.45) is 3.99. The number of amides is 1. The van der Waals surface area contributed by atoms with E-state index in [9.17, 15) is 4.79 Å². The number of rotatable bonds is 6. The first-order chi connectivity index (χ1) is 13.5. The highest BCUT2D eigenvalue weighted by Gasteiger charge is 2.27. The molecule has 0 aliphatic carbocycles. The zero-order valence-corrected chi connectivity index (χ0v) is 17.7. The highest BCUT2D eigenvalue weighted by atomic mass is 35.5. The maximum Gasteiger partial charge on any atom is 0.255 e. The summed E-state index contributed by atoms with van der Waals surface area (Å²) >= 11 is 6.56. The molecular formula is C21H28ClN3O3. The molecule has 1 aromatic carbocycles. The Morgan fingerprint density at radius 3 is 2.75 bits per heavy atom. The van der Waals surface area contributed by atoms with E-state index >= 15 is 0 Å². The van der Waals surface area contributed by atoms with Gasteiger partial charge in [0.2, 0.25) is 0 Å². The van der Waals surface area contributed by atoms with E-state index in [4.69, 9.17) is 21.1 Å². The van der Waals surface area contributed by atoms with Gasteiger partial charge in [0, 0.05) is 45.0 Å². The molecule has 2 heterocycles. The van der Waals surface area contributed by atoms with E-state index in [1.807, 2.05) is 24.4 Å². The average Bonchev–Trinajstić information content (AvgIpc) is 3.18. The van der Waals surface area contributed by atoms with Crippen LogP contribution in [0.4, 0.5) is 0 Å². The van der Waals surface area contributed by atoms with Crippen molar-refractivity contribution in [1.82, 2.24) is 14.8 Å². The lowest BCUT2D eigenvalue weighted by Crippen LogP contribution is -2.35. The Hall–Kier alpha value is -2.18. The van der Waals surface area contributed by atoms with Crippen LogP contribution in [0.3, 0.4) is 0 Å². The van der Waals surface area contributed by atoms with Gasteiger partial charge in [-0.2, -0.15) is 0 Å². The molecule has 6 nitrogen and oxygen atoms in total. The summed E-state index contributed by atoms with van der Waals surface area (Å²) < 4.78 is 10.7. The minimum absolute atomic E-state index is 0.0382. The number of nitrogens with one attached hydrogen (secondary N) is 1. The minimum atomic E-state index is 0.0382. The van der Waals surface area contributed by atoms with Gasteiger partial charge >= 0.3 is 0 Å². The van der Waals surface area contributed by atoms with Crippen LogP contribution in [0.15, 0.2) is 24.4 Å². The molecule has 0 bridgehead atoms. The zero-order chi connectivity index (χ0) is 20.3. The lowest BCUT2D eigenvalue weighted by molar-refractivity contribution is 0.0825. The van der Waals surface area contributed by atoms with Crippen LogP contribution in [0.2, 0.25) is 5.02 Å². The van der Waals surface area contributed by atoms with Crippen LogP contribution in [0.25, 0.3) is 0 Å². The Kier molecular flexibility index (Phi) is 6.52. The molecule has 0 spiro atoms. The lowest BCUT2D eigenvalue weighted by atomic mass is 9.92. The summed E-state index contributed by atoms with van der Waals surface area (Å²) in [7, 11) is 6.77. The Morgan fingerprint density at radius 2 is 2.07 bits per heavy atom. The van der Waals surface area contributed by atoms with Crippen molar-refractivity contribution in [3.63, 3.8) is 0 Å². The molecule has 1 atom stereocenters. The van der Waals surface area contributed by atoms with Crippen molar-refractivity contribution in [1.29, 1.82) is 0 Å². The fourth-order valence-corrected chi connectivity index (χ4v) is 4.17. The van der Waals surface area contributed by atoms with Crippen molar-refractivity contribution in [3.8, 4) is 11.5 Å². The Labute approximate surface area is 171 Å². The van der Waals surface area contributed by atoms with Crippen LogP contribution in [0.1, 0.15) is 40.4 Å². The number of nitrogens with zero attached hydrogens (tertiary/aromatic N) is 2. The molecule has 2 aromatic rings. The fraction of sp³-hybridized carbons (Fsp3) is 0.476. The monoisotopic (exact) mass is 405 g/mol. The Balaban J connectivity index is 1.77. The number of aromatic nitrogens is 1. The number of hydrogen-bond acceptors (Lipinski definition) is 4. The number of piperidine rings is 1. The SMILES string of the molecule is COc1ccc(CN2CCCC(c3[nH]ccc3C(=O)N(C)C)C2)c(Cl)c1OC. The van der Waals surface area contributed by atoms with Gasteiger partial charge in [0.25, 0.3) is 5.91 Å². The average molecular weight is 406 g/mol. The number of benzene rings is 1. The lowest BCUT2D eigenvalue weighted by Gasteiger charge is -2.33. The number of aromatic amines is 1. The van der Waals surface area contributed by atoms with Gasteiger partial charge in [-0.05, 0) is 37.1 Å². The largest absolute Gasteiger partial charge is 0.493 e. The molecule has 1 amide bonds. The van der Waals surface area contributed by atoms with Crippen LogP contribution in [-0.4, -0.2) is 62.1 Å². The summed E-state index contributed by atoms with van der Waals surface area (Å²) in [6, 6.07) is 5.76. The second kappa shape index (κ2) is 8.88. The third kappa shape index (κ3) is 4.13. The maximum atomic E-state index is 12.5. The molecule has 1 N–H and O–H groups in total. The first-order valence-electron chi connectivity index (χ1n) is 9.46. The molecule has 3 rings (SSSR count). The molecule has 0 radical (unpaired) electrons. The Bertz CT molecular complexity index is 834. The molecular weight excluding hydrogens is 378 g/mol. The molecule has 7 heteroatoms. The predicted molar refractivity (Wildman–Crippen MR) is 111 cm³/mol. The summed E-state index contributed by atoms with van der Waals surface area (Å²) in [5.41, 5.74) is 2.80. The molecule has 1 aliphatic rings. The van der Waals surface area contributed by atoms with Crippen LogP contribution in [0, 0.1) is 0 Å². The van der Waals surface area contributed by atoms with Crippen molar-refractivity contribution in [3.05, 3.63) is 46.2 Å². The van der Waals surface area contributed by atoms with Crippen LogP contribution < -0.4 is 9.47 Å². The van der Waals surface area contributed by atoms with Crippen molar-refractivity contribution < 1.29 is 14.3 Å². The van der Waals surface area contributed by atoms with Crippen LogP contribution >= 0.6 is 11.6 Å². The van der Waals surface area contributed by atoms with E-state index in [2.05, 4.69) is 9.88 Å². The van der Waals surface area contributed by atoms with Gasteiger partial charge in [0.1, 0.15) is 0 Å². The normalized spacial score (nSPS) is 17.4. The van der Waals surface area contributed by atoms with Gasteiger partial charge in [0.15, 0.2) is 11.5 Å². The molecule has 1 fully saturated rings. The summed E-state index contributed by atoms with van der Waals surface area (Å²) in [5, 5.41) is 0.590. The number of H-pyrrole nitrogens is 1. The number of carbonyl (C=O) groups excluding carboxylic acids is 1. The molecule has 1 saturated heterocycles. The van der Waals surface area contributed by atoms with Gasteiger partial charge in [-0.3, -0.25) is 9.69 Å². The maximum absolute atomic E-state index is 12.5. The number of ether oxygens (including phenoxy) is 2. The molecule has 1 unspecified atom stereocenters. The minimum Gasteiger partial charge on any atom is -0.493 e. The van der Waals surface area contributed by atoms with E-state index in [0.717, 1.165) is 49.3 Å². The Morgan fingerprint density at radius 1 is 1.29 bits per heavy atom. The first-order valence-corrected chi connectivity index (χ1v) is 9.84. The summed E-state index contributed by atoms with van der Waals surface area (Å²) in [5.74, 6) is 1.53. The molecule has 0 saturated carbocycles. The third-order valence-electron chi connectivity index (χ3n) is 5.29. The van der Waals surface area contributed by atoms with Crippen LogP contribution in [0.5, 0.6) is 11.5 Å². The smallest absolute Gasteiger partial charge is 0.255 e. The highest BCUT2D eigenvalue weighted by Crippen LogP contribution is 2.38. The van der Waals surface area contributed by atoms with E-state index in [1.54, 1.807) is 33.2 Å². The van der Waals surface area contributed by atoms with E-state index in [1.165, 1.54) is 0 Å². The topological polar surface area (TPSA) is 57.8 Å². The van der Waals surface area contributed by atoms with Gasteiger partial charge in [-0.25, -0.2) is 0 Å². The summed E-state index contributed by atoms with van der Waals surface area (Å²) in [6.45, 7) is 2.60.